The summed E-state index contributed by atoms with van der Waals surface area (Å²) < 4.78 is 15.3. The second kappa shape index (κ2) is 6.49. The average molecular weight is 297 g/mol. The number of hydrogen-bond acceptors (Lipinski definition) is 6. The lowest BCUT2D eigenvalue weighted by Gasteiger charge is -2.06. The number of methoxy groups -OCH3 is 1. The molecule has 0 N–H and O–H groups in total. The zero-order chi connectivity index (χ0) is 14.5. The van der Waals surface area contributed by atoms with Crippen molar-refractivity contribution >= 4 is 17.4 Å². The summed E-state index contributed by atoms with van der Waals surface area (Å²) in [5, 5.41) is 4.07. The fourth-order valence-corrected chi connectivity index (χ4v) is 1.75. The van der Waals surface area contributed by atoms with Gasteiger partial charge in [0.25, 0.3) is 5.89 Å². The Morgan fingerprint density at radius 2 is 2.20 bits per heavy atom. The highest BCUT2D eigenvalue weighted by Gasteiger charge is 2.10. The maximum absolute atomic E-state index is 11.2. The van der Waals surface area contributed by atoms with E-state index in [1.165, 1.54) is 6.92 Å². The lowest BCUT2D eigenvalue weighted by atomic mass is 10.1. The van der Waals surface area contributed by atoms with Crippen LogP contribution in [-0.4, -0.2) is 23.0 Å². The Morgan fingerprint density at radius 1 is 1.40 bits per heavy atom. The van der Waals surface area contributed by atoms with Crippen LogP contribution >= 0.6 is 11.6 Å². The maximum atomic E-state index is 11.2. The van der Waals surface area contributed by atoms with Crippen LogP contribution in [0.1, 0.15) is 29.0 Å². The number of carbonyl (C=O) groups excluding carboxylic acids is 1. The van der Waals surface area contributed by atoms with Crippen molar-refractivity contribution < 1.29 is 18.8 Å². The molecule has 6 nitrogen and oxygen atoms in total. The molecule has 0 fully saturated rings. The smallest absolute Gasteiger partial charge is 0.264 e. The summed E-state index contributed by atoms with van der Waals surface area (Å²) in [6.07, 6.45) is 0. The number of carbonyl (C=O) groups is 1. The van der Waals surface area contributed by atoms with E-state index in [-0.39, 0.29) is 19.0 Å². The normalized spacial score (nSPS) is 10.6. The molecule has 2 aromatic rings. The monoisotopic (exact) mass is 296 g/mol. The number of rotatable bonds is 6. The van der Waals surface area contributed by atoms with Crippen LogP contribution in [0.25, 0.3) is 0 Å². The van der Waals surface area contributed by atoms with Crippen LogP contribution in [0.2, 0.25) is 5.02 Å². The highest BCUT2D eigenvalue weighted by atomic mass is 35.5. The lowest BCUT2D eigenvalue weighted by molar-refractivity contribution is 0.101. The molecule has 106 valence electrons. The first-order chi connectivity index (χ1) is 9.60. The number of aromatic nitrogens is 2. The standard InChI is InChI=1S/C13H13ClN2O4/c1-8(17)9-3-4-11(10(14)5-9)19-7-13-15-12(6-18-2)16-20-13/h3-5H,6-7H2,1-2H3. The summed E-state index contributed by atoms with van der Waals surface area (Å²) >= 11 is 6.03. The van der Waals surface area contributed by atoms with Crippen molar-refractivity contribution in [2.45, 2.75) is 20.1 Å². The first kappa shape index (κ1) is 14.5. The molecule has 0 amide bonds. The molecular formula is C13H13ClN2O4. The van der Waals surface area contributed by atoms with Crippen LogP contribution in [0.4, 0.5) is 0 Å². The number of benzene rings is 1. The molecule has 0 radical (unpaired) electrons. The van der Waals surface area contributed by atoms with Gasteiger partial charge in [0.2, 0.25) is 0 Å². The van der Waals surface area contributed by atoms with Crippen molar-refractivity contribution in [3.63, 3.8) is 0 Å². The van der Waals surface area contributed by atoms with Gasteiger partial charge in [0.1, 0.15) is 12.4 Å². The van der Waals surface area contributed by atoms with E-state index in [1.807, 2.05) is 0 Å². The minimum atomic E-state index is -0.0560. The van der Waals surface area contributed by atoms with E-state index in [1.54, 1.807) is 25.3 Å². The summed E-state index contributed by atoms with van der Waals surface area (Å²) in [4.78, 5) is 15.3. The van der Waals surface area contributed by atoms with Crippen molar-refractivity contribution in [3.05, 3.63) is 40.5 Å². The lowest BCUT2D eigenvalue weighted by Crippen LogP contribution is -1.98. The molecule has 1 heterocycles. The summed E-state index contributed by atoms with van der Waals surface area (Å²) in [7, 11) is 1.54. The third-order valence-corrected chi connectivity index (χ3v) is 2.77. The molecule has 7 heteroatoms. The van der Waals surface area contributed by atoms with Crippen LogP contribution < -0.4 is 4.74 Å². The second-order valence-electron chi connectivity index (χ2n) is 4.03. The van der Waals surface area contributed by atoms with Crippen LogP contribution in [0, 0.1) is 0 Å². The van der Waals surface area contributed by atoms with Gasteiger partial charge in [-0.1, -0.05) is 16.8 Å². The van der Waals surface area contributed by atoms with E-state index in [9.17, 15) is 4.79 Å². The van der Waals surface area contributed by atoms with Crippen LogP contribution in [0.3, 0.4) is 0 Å². The molecule has 0 aliphatic heterocycles. The molecule has 1 aromatic carbocycles. The van der Waals surface area contributed by atoms with Crippen molar-refractivity contribution in [3.8, 4) is 5.75 Å². The molecule has 2 rings (SSSR count). The van der Waals surface area contributed by atoms with Gasteiger partial charge < -0.3 is 14.0 Å². The largest absolute Gasteiger partial charge is 0.482 e. The Kier molecular flexibility index (Phi) is 4.70. The minimum Gasteiger partial charge on any atom is -0.482 e. The summed E-state index contributed by atoms with van der Waals surface area (Å²) in [5.41, 5.74) is 0.530. The van der Waals surface area contributed by atoms with Gasteiger partial charge in [0.15, 0.2) is 18.2 Å². The quantitative estimate of drug-likeness (QED) is 0.763. The Bertz CT molecular complexity index is 612. The van der Waals surface area contributed by atoms with Gasteiger partial charge in [-0.15, -0.1) is 0 Å². The molecule has 0 aliphatic rings. The number of hydrogen-bond donors (Lipinski definition) is 0. The average Bonchev–Trinajstić information content (AvgIpc) is 2.85. The van der Waals surface area contributed by atoms with Gasteiger partial charge in [-0.3, -0.25) is 4.79 Å². The maximum Gasteiger partial charge on any atom is 0.264 e. The number of Topliss-reactive ketones (excluding diaryl/α,β-unsaturated/α-hetero) is 1. The van der Waals surface area contributed by atoms with Crippen molar-refractivity contribution in [1.29, 1.82) is 0 Å². The number of ketones is 1. The first-order valence-electron chi connectivity index (χ1n) is 5.84. The fourth-order valence-electron chi connectivity index (χ4n) is 1.51. The summed E-state index contributed by atoms with van der Waals surface area (Å²) in [5.74, 6) is 1.16. The Labute approximate surface area is 120 Å². The second-order valence-corrected chi connectivity index (χ2v) is 4.43. The zero-order valence-electron chi connectivity index (χ0n) is 11.1. The highest BCUT2D eigenvalue weighted by Crippen LogP contribution is 2.26. The van der Waals surface area contributed by atoms with Gasteiger partial charge in [0.05, 0.1) is 5.02 Å². The van der Waals surface area contributed by atoms with E-state index in [0.29, 0.717) is 28.1 Å². The molecule has 20 heavy (non-hydrogen) atoms. The third kappa shape index (κ3) is 3.55. The van der Waals surface area contributed by atoms with Crippen LogP contribution in [0.15, 0.2) is 22.7 Å². The highest BCUT2D eigenvalue weighted by molar-refractivity contribution is 6.32. The van der Waals surface area contributed by atoms with Gasteiger partial charge in [-0.2, -0.15) is 4.98 Å². The predicted octanol–water partition coefficient (Wildman–Crippen LogP) is 2.65. The molecule has 0 spiro atoms. The summed E-state index contributed by atoms with van der Waals surface area (Å²) in [6, 6.07) is 4.84. The summed E-state index contributed by atoms with van der Waals surface area (Å²) in [6.45, 7) is 1.84. The van der Waals surface area contributed by atoms with E-state index in [2.05, 4.69) is 10.1 Å². The van der Waals surface area contributed by atoms with E-state index in [4.69, 9.17) is 25.6 Å². The van der Waals surface area contributed by atoms with Crippen molar-refractivity contribution in [2.24, 2.45) is 0 Å². The van der Waals surface area contributed by atoms with Gasteiger partial charge in [-0.25, -0.2) is 0 Å². The van der Waals surface area contributed by atoms with Crippen LogP contribution in [-0.2, 0) is 18.0 Å². The van der Waals surface area contributed by atoms with Crippen molar-refractivity contribution in [2.75, 3.05) is 7.11 Å². The molecule has 0 saturated heterocycles. The van der Waals surface area contributed by atoms with E-state index < -0.39 is 0 Å². The first-order valence-corrected chi connectivity index (χ1v) is 6.21. The predicted molar refractivity (Wildman–Crippen MR) is 70.8 cm³/mol. The molecule has 1 aromatic heterocycles. The number of nitrogens with zero attached hydrogens (tertiary/aromatic N) is 2. The third-order valence-electron chi connectivity index (χ3n) is 2.47. The Morgan fingerprint density at radius 3 is 2.85 bits per heavy atom. The van der Waals surface area contributed by atoms with Gasteiger partial charge in [0, 0.05) is 12.7 Å². The SMILES string of the molecule is COCc1noc(COc2ccc(C(C)=O)cc2Cl)n1. The number of ether oxygens (including phenoxy) is 2. The Balaban J connectivity index is 2.01. The minimum absolute atomic E-state index is 0.0560. The molecule has 0 saturated carbocycles. The van der Waals surface area contributed by atoms with E-state index >= 15 is 0 Å². The molecule has 0 atom stereocenters. The fraction of sp³-hybridized carbons (Fsp3) is 0.308. The Hall–Kier alpha value is -1.92. The van der Waals surface area contributed by atoms with Gasteiger partial charge in [-0.05, 0) is 25.1 Å². The van der Waals surface area contributed by atoms with Gasteiger partial charge >= 0.3 is 0 Å². The topological polar surface area (TPSA) is 74.5 Å². The van der Waals surface area contributed by atoms with Crippen molar-refractivity contribution in [1.82, 2.24) is 10.1 Å². The molecule has 0 bridgehead atoms. The molecular weight excluding hydrogens is 284 g/mol. The van der Waals surface area contributed by atoms with E-state index in [0.717, 1.165) is 0 Å². The molecule has 0 aliphatic carbocycles. The zero-order valence-corrected chi connectivity index (χ0v) is 11.8. The number of halogens is 1. The van der Waals surface area contributed by atoms with Crippen LogP contribution in [0.5, 0.6) is 5.75 Å². The molecule has 0 unspecified atom stereocenters.